The van der Waals surface area contributed by atoms with Crippen LogP contribution in [0.2, 0.25) is 0 Å². The predicted octanol–water partition coefficient (Wildman–Crippen LogP) is 7.90. The van der Waals surface area contributed by atoms with Crippen molar-refractivity contribution in [2.75, 3.05) is 30.4 Å². The molecule has 41 heavy (non-hydrogen) atoms. The van der Waals surface area contributed by atoms with Gasteiger partial charge in [0.15, 0.2) is 0 Å². The highest BCUT2D eigenvalue weighted by Crippen LogP contribution is 2.35. The highest BCUT2D eigenvalue weighted by Gasteiger charge is 2.33. The normalized spacial score (nSPS) is 14.5. The molecule has 5 rings (SSSR count). The van der Waals surface area contributed by atoms with Crippen molar-refractivity contribution in [1.82, 2.24) is 0 Å². The fourth-order valence-corrected chi connectivity index (χ4v) is 5.81. The van der Waals surface area contributed by atoms with Crippen LogP contribution >= 0.6 is 0 Å². The second kappa shape index (κ2) is 12.9. The summed E-state index contributed by atoms with van der Waals surface area (Å²) in [6.07, 6.45) is 1.81. The van der Waals surface area contributed by atoms with Crippen LogP contribution in [0.5, 0.6) is 0 Å². The molecule has 0 saturated carbocycles. The third kappa shape index (κ3) is 6.51. The lowest BCUT2D eigenvalue weighted by Crippen LogP contribution is -2.37. The van der Waals surface area contributed by atoms with Crippen molar-refractivity contribution >= 4 is 23.3 Å². The first-order chi connectivity index (χ1) is 19.9. The molecule has 4 aromatic rings. The molecule has 5 heteroatoms. The number of hydrogen-bond acceptors (Lipinski definition) is 4. The molecule has 1 heterocycles. The molecule has 210 valence electrons. The summed E-state index contributed by atoms with van der Waals surface area (Å²) in [5.41, 5.74) is 6.76. The van der Waals surface area contributed by atoms with Crippen LogP contribution in [0.1, 0.15) is 60.0 Å². The number of piperidine rings is 1. The van der Waals surface area contributed by atoms with Crippen molar-refractivity contribution in [2.45, 2.75) is 38.5 Å². The third-order valence-corrected chi connectivity index (χ3v) is 8.18. The van der Waals surface area contributed by atoms with E-state index in [1.807, 2.05) is 66.7 Å². The van der Waals surface area contributed by atoms with Crippen molar-refractivity contribution in [3.05, 3.63) is 120 Å². The highest BCUT2D eigenvalue weighted by atomic mass is 16.5. The molecule has 4 aromatic carbocycles. The lowest BCUT2D eigenvalue weighted by molar-refractivity contribution is -0.144. The number of carbonyl (C=O) groups is 2. The summed E-state index contributed by atoms with van der Waals surface area (Å²) in [7, 11) is 1.47. The fraction of sp³-hybridized carbons (Fsp3) is 0.278. The number of nitrogens with one attached hydrogen (secondary N) is 1. The Hall–Kier alpha value is -4.38. The van der Waals surface area contributed by atoms with Gasteiger partial charge in [-0.3, -0.25) is 9.59 Å². The number of carbonyl (C=O) groups excluding carboxylic acids is 2. The monoisotopic (exact) mass is 546 g/mol. The summed E-state index contributed by atoms with van der Waals surface area (Å²) in [4.78, 5) is 28.3. The van der Waals surface area contributed by atoms with Gasteiger partial charge in [-0.2, -0.15) is 0 Å². The molecule has 0 aliphatic carbocycles. The number of anilines is 2. The van der Waals surface area contributed by atoms with Gasteiger partial charge in [0.05, 0.1) is 13.0 Å². The van der Waals surface area contributed by atoms with Gasteiger partial charge in [-0.15, -0.1) is 0 Å². The quantitative estimate of drug-likeness (QED) is 0.228. The minimum Gasteiger partial charge on any atom is -0.469 e. The molecule has 1 N–H and O–H groups in total. The van der Waals surface area contributed by atoms with Gasteiger partial charge in [0.1, 0.15) is 0 Å². The van der Waals surface area contributed by atoms with E-state index in [0.29, 0.717) is 11.5 Å². The first-order valence-electron chi connectivity index (χ1n) is 14.4. The van der Waals surface area contributed by atoms with Gasteiger partial charge in [-0.05, 0) is 77.3 Å². The summed E-state index contributed by atoms with van der Waals surface area (Å²) >= 11 is 0. The Morgan fingerprint density at radius 2 is 1.41 bits per heavy atom. The first-order valence-corrected chi connectivity index (χ1v) is 14.4. The zero-order valence-corrected chi connectivity index (χ0v) is 24.0. The second-order valence-electron chi connectivity index (χ2n) is 11.1. The van der Waals surface area contributed by atoms with Gasteiger partial charge in [0, 0.05) is 30.0 Å². The lowest BCUT2D eigenvalue weighted by atomic mass is 9.80. The molecule has 0 aromatic heterocycles. The maximum absolute atomic E-state index is 13.3. The van der Waals surface area contributed by atoms with E-state index in [-0.39, 0.29) is 23.7 Å². The summed E-state index contributed by atoms with van der Waals surface area (Å²) < 4.78 is 5.17. The first kappa shape index (κ1) is 28.2. The molecule has 5 nitrogen and oxygen atoms in total. The second-order valence-corrected chi connectivity index (χ2v) is 11.1. The third-order valence-electron chi connectivity index (χ3n) is 8.18. The molecule has 1 atom stereocenters. The van der Waals surface area contributed by atoms with Crippen LogP contribution < -0.4 is 10.2 Å². The van der Waals surface area contributed by atoms with Crippen LogP contribution in [-0.2, 0) is 9.53 Å². The molecule has 1 aliphatic rings. The molecule has 0 radical (unpaired) electrons. The van der Waals surface area contributed by atoms with Crippen LogP contribution in [0.15, 0.2) is 103 Å². The molecule has 1 unspecified atom stereocenters. The number of ether oxygens (including phenoxy) is 1. The van der Waals surface area contributed by atoms with Gasteiger partial charge < -0.3 is 15.0 Å². The van der Waals surface area contributed by atoms with Crippen molar-refractivity contribution < 1.29 is 14.3 Å². The van der Waals surface area contributed by atoms with Gasteiger partial charge in [-0.1, -0.05) is 86.6 Å². The number of rotatable bonds is 8. The molecule has 0 spiro atoms. The minimum absolute atomic E-state index is 0.128. The van der Waals surface area contributed by atoms with Crippen LogP contribution in [-0.4, -0.2) is 32.1 Å². The average molecular weight is 547 g/mol. The summed E-state index contributed by atoms with van der Waals surface area (Å²) in [5, 5.41) is 3.08. The number of esters is 1. The Morgan fingerprint density at radius 1 is 0.780 bits per heavy atom. The summed E-state index contributed by atoms with van der Waals surface area (Å²) in [6.45, 7) is 6.08. The van der Waals surface area contributed by atoms with E-state index in [1.54, 1.807) is 0 Å². The van der Waals surface area contributed by atoms with Crippen molar-refractivity contribution in [3.63, 3.8) is 0 Å². The van der Waals surface area contributed by atoms with Crippen LogP contribution in [0.3, 0.4) is 0 Å². The lowest BCUT2D eigenvalue weighted by Gasteiger charge is -2.36. The molecule has 1 fully saturated rings. The Balaban J connectivity index is 1.23. The summed E-state index contributed by atoms with van der Waals surface area (Å²) in [5.74, 6) is 0.169. The van der Waals surface area contributed by atoms with Gasteiger partial charge in [0.25, 0.3) is 5.91 Å². The molecule has 1 amide bonds. The minimum atomic E-state index is -0.239. The van der Waals surface area contributed by atoms with E-state index < -0.39 is 0 Å². The maximum Gasteiger partial charge on any atom is 0.313 e. The van der Waals surface area contributed by atoms with E-state index in [0.717, 1.165) is 54.0 Å². The van der Waals surface area contributed by atoms with E-state index in [9.17, 15) is 9.59 Å². The SMILES string of the molecule is COC(=O)C(c1ccccc1)C1CCN(c2ccc(NC(=O)c3ccccc3-c3ccc(C(C)C)cc3)cc2)CC1. The Morgan fingerprint density at radius 3 is 2.05 bits per heavy atom. The molecule has 1 aliphatic heterocycles. The standard InChI is InChI=1S/C36H38N2O3/c1-25(2)26-13-15-27(16-14-26)32-11-7-8-12-33(32)35(39)37-30-17-19-31(20-18-30)38-23-21-29(22-24-38)34(36(40)41-3)28-9-5-4-6-10-28/h4-20,25,29,34H,21-24H2,1-3H3,(H,37,39). The van der Waals surface area contributed by atoms with Crippen molar-refractivity contribution in [3.8, 4) is 11.1 Å². The van der Waals surface area contributed by atoms with E-state index >= 15 is 0 Å². The van der Waals surface area contributed by atoms with E-state index in [2.05, 4.69) is 60.5 Å². The van der Waals surface area contributed by atoms with E-state index in [4.69, 9.17) is 4.74 Å². The largest absolute Gasteiger partial charge is 0.469 e. The van der Waals surface area contributed by atoms with Gasteiger partial charge >= 0.3 is 5.97 Å². The zero-order chi connectivity index (χ0) is 28.8. The van der Waals surface area contributed by atoms with Crippen LogP contribution in [0, 0.1) is 5.92 Å². The summed E-state index contributed by atoms with van der Waals surface area (Å²) in [6, 6.07) is 34.2. The van der Waals surface area contributed by atoms with Crippen molar-refractivity contribution in [1.29, 1.82) is 0 Å². The van der Waals surface area contributed by atoms with Crippen molar-refractivity contribution in [2.24, 2.45) is 5.92 Å². The van der Waals surface area contributed by atoms with Gasteiger partial charge in [0.2, 0.25) is 0 Å². The number of methoxy groups -OCH3 is 1. The topological polar surface area (TPSA) is 58.6 Å². The fourth-order valence-electron chi connectivity index (χ4n) is 5.81. The maximum atomic E-state index is 13.3. The molecular weight excluding hydrogens is 508 g/mol. The highest BCUT2D eigenvalue weighted by molar-refractivity contribution is 6.08. The Kier molecular flexibility index (Phi) is 8.83. The number of benzene rings is 4. The zero-order valence-electron chi connectivity index (χ0n) is 24.0. The van der Waals surface area contributed by atoms with Crippen LogP contribution in [0.4, 0.5) is 11.4 Å². The van der Waals surface area contributed by atoms with Crippen LogP contribution in [0.25, 0.3) is 11.1 Å². The number of amides is 1. The van der Waals surface area contributed by atoms with Gasteiger partial charge in [-0.25, -0.2) is 0 Å². The average Bonchev–Trinajstić information content (AvgIpc) is 3.02. The molecule has 0 bridgehead atoms. The number of hydrogen-bond donors (Lipinski definition) is 1. The molecule has 1 saturated heterocycles. The molecular formula is C36H38N2O3. The number of nitrogens with zero attached hydrogens (tertiary/aromatic N) is 1. The Bertz CT molecular complexity index is 1460. The van der Waals surface area contributed by atoms with E-state index in [1.165, 1.54) is 12.7 Å². The smallest absolute Gasteiger partial charge is 0.313 e. The predicted molar refractivity (Wildman–Crippen MR) is 166 cm³/mol. The Labute approximate surface area is 243 Å².